The van der Waals surface area contributed by atoms with Crippen LogP contribution in [0.15, 0.2) is 110 Å². The van der Waals surface area contributed by atoms with Crippen LogP contribution in [-0.4, -0.2) is 57.2 Å². The summed E-state index contributed by atoms with van der Waals surface area (Å²) in [6.45, 7) is 3.89. The molecule has 21 heteroatoms. The molecule has 364 valence electrons. The number of nitrogens with zero attached hydrogens (tertiary/aromatic N) is 8. The molecule has 3 N–H and O–H groups in total. The van der Waals surface area contributed by atoms with Crippen LogP contribution >= 0.6 is 11.6 Å². The summed E-state index contributed by atoms with van der Waals surface area (Å²) in [5.74, 6) is -7.10. The zero-order valence-corrected chi connectivity index (χ0v) is 38.6. The molecule has 71 heavy (non-hydrogen) atoms. The van der Waals surface area contributed by atoms with Gasteiger partial charge in [-0.1, -0.05) is 0 Å². The average molecular weight is 999 g/mol. The maximum atomic E-state index is 14.8. The topological polar surface area (TPSA) is 140 Å². The lowest BCUT2D eigenvalue weighted by Crippen LogP contribution is -2.34. The Bertz CT molecular complexity index is 3240. The Hall–Kier alpha value is -8.13. The normalized spacial score (nSPS) is 14.7. The SMILES string of the molecule is CN1c2nc(Cl)ncc2OCC1c1cc(F)c(F)c(F)c1.Cc1cc(-c2ccc(N)cc2F)ccn1.Cc1cc(-c2ccc(Nc3ncc4c(n3)N(C)C(c3cc(F)c(F)c(F)c3)CO4)cc2F)ccn1. The fourth-order valence-corrected chi connectivity index (χ4v) is 7.78. The molecule has 10 rings (SSSR count). The second-order valence-corrected chi connectivity index (χ2v) is 16.4. The summed E-state index contributed by atoms with van der Waals surface area (Å²) in [7, 11) is 3.35. The quantitative estimate of drug-likeness (QED) is 0.0709. The number of likely N-dealkylation sites (N-methyl/N-ethyl adjacent to an activating group) is 2. The number of pyridine rings is 2. The zero-order chi connectivity index (χ0) is 50.7. The van der Waals surface area contributed by atoms with Crippen molar-refractivity contribution in [3.05, 3.63) is 184 Å². The van der Waals surface area contributed by atoms with Crippen molar-refractivity contribution in [1.29, 1.82) is 0 Å². The van der Waals surface area contributed by atoms with Gasteiger partial charge in [0.1, 0.15) is 24.8 Å². The molecule has 0 aliphatic carbocycles. The number of fused-ring (bicyclic) bond motifs is 2. The van der Waals surface area contributed by atoms with E-state index < -0.39 is 52.8 Å². The second-order valence-electron chi connectivity index (χ2n) is 16.1. The van der Waals surface area contributed by atoms with E-state index in [9.17, 15) is 35.1 Å². The number of hydrogen-bond acceptors (Lipinski definition) is 12. The van der Waals surface area contributed by atoms with Crippen LogP contribution in [0.2, 0.25) is 5.28 Å². The van der Waals surface area contributed by atoms with E-state index in [1.165, 1.54) is 24.5 Å². The summed E-state index contributed by atoms with van der Waals surface area (Å²) < 4.78 is 120. The molecule has 6 heterocycles. The highest BCUT2D eigenvalue weighted by Crippen LogP contribution is 2.39. The van der Waals surface area contributed by atoms with E-state index >= 15 is 0 Å². The van der Waals surface area contributed by atoms with Crippen LogP contribution in [0.4, 0.5) is 64.1 Å². The van der Waals surface area contributed by atoms with Crippen molar-refractivity contribution < 1.29 is 44.6 Å². The number of aryl methyl sites for hydroxylation is 2. The van der Waals surface area contributed by atoms with Gasteiger partial charge in [-0.2, -0.15) is 9.97 Å². The number of anilines is 5. The first-order valence-corrected chi connectivity index (χ1v) is 21.7. The molecule has 2 aliphatic heterocycles. The Morgan fingerprint density at radius 1 is 0.563 bits per heavy atom. The molecule has 0 amide bonds. The van der Waals surface area contributed by atoms with Crippen LogP contribution in [0, 0.1) is 60.4 Å². The molecule has 0 bridgehead atoms. The highest BCUT2D eigenvalue weighted by Gasteiger charge is 2.31. The van der Waals surface area contributed by atoms with Gasteiger partial charge in [0.15, 0.2) is 58.0 Å². The van der Waals surface area contributed by atoms with Crippen molar-refractivity contribution in [1.82, 2.24) is 29.9 Å². The molecule has 12 nitrogen and oxygen atoms in total. The summed E-state index contributed by atoms with van der Waals surface area (Å²) in [4.78, 5) is 28.0. The molecule has 2 unspecified atom stereocenters. The first-order chi connectivity index (χ1) is 33.9. The third-order valence-electron chi connectivity index (χ3n) is 11.3. The molecule has 0 fully saturated rings. The first kappa shape index (κ1) is 49.3. The lowest BCUT2D eigenvalue weighted by molar-refractivity contribution is 0.264. The zero-order valence-electron chi connectivity index (χ0n) is 37.8. The first-order valence-electron chi connectivity index (χ1n) is 21.3. The van der Waals surface area contributed by atoms with Crippen LogP contribution in [0.5, 0.6) is 11.5 Å². The monoisotopic (exact) mass is 998 g/mol. The third kappa shape index (κ3) is 11.0. The number of benzene rings is 4. The molecular weight excluding hydrogens is 960 g/mol. The minimum atomic E-state index is -1.53. The highest BCUT2D eigenvalue weighted by atomic mass is 35.5. The Kier molecular flexibility index (Phi) is 14.5. The molecule has 2 atom stereocenters. The summed E-state index contributed by atoms with van der Waals surface area (Å²) in [5, 5.41) is 2.99. The van der Waals surface area contributed by atoms with Gasteiger partial charge in [-0.05, 0) is 133 Å². The molecule has 0 saturated heterocycles. The maximum Gasteiger partial charge on any atom is 0.229 e. The van der Waals surface area contributed by atoms with Crippen molar-refractivity contribution in [3.8, 4) is 33.8 Å². The van der Waals surface area contributed by atoms with Gasteiger partial charge >= 0.3 is 0 Å². The summed E-state index contributed by atoms with van der Waals surface area (Å²) >= 11 is 5.73. The van der Waals surface area contributed by atoms with E-state index in [4.69, 9.17) is 26.8 Å². The van der Waals surface area contributed by atoms with Gasteiger partial charge < -0.3 is 30.3 Å². The standard InChI is InChI=1S/C25H19F4N5O.C13H9ClF3N3O.C12H11FN2/c1-13-7-14(5-6-30-13)17-4-3-16(10-18(17)26)32-25-31-11-22-24(33-25)34(2)21(12-35-22)15-8-19(27)23(29)20(28)9-15;1-20-9(6-2-7(15)11(17)8(16)3-6)5-21-10-4-18-13(14)19-12(10)20;1-8-6-9(4-5-15-8)11-3-2-10(14)7-12(11)13/h3-11,21H,12H2,1-2H3,(H,31,32,33);2-4,9H,5H2,1H3;2-7H,14H2,1H3. The smallest absolute Gasteiger partial charge is 0.229 e. The lowest BCUT2D eigenvalue weighted by atomic mass is 10.0. The van der Waals surface area contributed by atoms with Crippen LogP contribution in [0.25, 0.3) is 22.3 Å². The largest absolute Gasteiger partial charge is 0.486 e. The number of nitrogens with two attached hydrogens (primary N) is 1. The number of ether oxygens (including phenoxy) is 2. The molecule has 2 aliphatic rings. The fourth-order valence-electron chi connectivity index (χ4n) is 7.65. The van der Waals surface area contributed by atoms with Crippen molar-refractivity contribution in [2.45, 2.75) is 25.9 Å². The molecular formula is C50H39ClF8N10O2. The number of nitrogen functional groups attached to an aromatic ring is 1. The van der Waals surface area contributed by atoms with Crippen molar-refractivity contribution in [3.63, 3.8) is 0 Å². The van der Waals surface area contributed by atoms with Crippen LogP contribution < -0.4 is 30.3 Å². The maximum absolute atomic E-state index is 14.8. The van der Waals surface area contributed by atoms with E-state index in [0.29, 0.717) is 51.2 Å². The molecule has 4 aromatic heterocycles. The summed E-state index contributed by atoms with van der Waals surface area (Å²) in [6, 6.07) is 19.1. The van der Waals surface area contributed by atoms with Crippen LogP contribution in [-0.2, 0) is 0 Å². The van der Waals surface area contributed by atoms with Gasteiger partial charge in [-0.15, -0.1) is 0 Å². The number of hydrogen-bond donors (Lipinski definition) is 2. The Labute approximate surface area is 405 Å². The molecule has 0 radical (unpaired) electrons. The third-order valence-corrected chi connectivity index (χ3v) is 11.4. The number of aromatic nitrogens is 6. The number of nitrogens with one attached hydrogen (secondary N) is 1. The highest BCUT2D eigenvalue weighted by molar-refractivity contribution is 6.28. The summed E-state index contributed by atoms with van der Waals surface area (Å²) in [5.41, 5.74) is 10.9. The lowest BCUT2D eigenvalue weighted by Gasteiger charge is -2.35. The Morgan fingerprint density at radius 2 is 1.03 bits per heavy atom. The van der Waals surface area contributed by atoms with Crippen LogP contribution in [0.3, 0.4) is 0 Å². The predicted octanol–water partition coefficient (Wildman–Crippen LogP) is 11.6. The van der Waals surface area contributed by atoms with Gasteiger partial charge in [0.05, 0.1) is 24.5 Å². The molecule has 0 spiro atoms. The van der Waals surface area contributed by atoms with E-state index in [0.717, 1.165) is 41.2 Å². The van der Waals surface area contributed by atoms with E-state index in [1.54, 1.807) is 78.8 Å². The minimum Gasteiger partial charge on any atom is -0.486 e. The van der Waals surface area contributed by atoms with E-state index in [2.05, 4.69) is 35.2 Å². The average Bonchev–Trinajstić information content (AvgIpc) is 3.33. The Balaban J connectivity index is 0.000000159. The van der Waals surface area contributed by atoms with Crippen LogP contribution in [0.1, 0.15) is 34.6 Å². The molecule has 8 aromatic rings. The van der Waals surface area contributed by atoms with Gasteiger partial charge in [0, 0.05) is 60.4 Å². The predicted molar refractivity (Wildman–Crippen MR) is 251 cm³/mol. The van der Waals surface area contributed by atoms with Gasteiger partial charge in [0.2, 0.25) is 11.2 Å². The van der Waals surface area contributed by atoms with E-state index in [-0.39, 0.29) is 41.4 Å². The second kappa shape index (κ2) is 20.8. The fraction of sp³-hybridized carbons (Fsp3) is 0.160. The van der Waals surface area contributed by atoms with Gasteiger partial charge in [-0.25, -0.2) is 45.1 Å². The number of rotatable bonds is 6. The van der Waals surface area contributed by atoms with Crippen molar-refractivity contribution in [2.75, 3.05) is 48.2 Å². The Morgan fingerprint density at radius 3 is 1.51 bits per heavy atom. The van der Waals surface area contributed by atoms with Crippen molar-refractivity contribution >= 4 is 40.6 Å². The van der Waals surface area contributed by atoms with Gasteiger partial charge in [0.25, 0.3) is 0 Å². The molecule has 4 aromatic carbocycles. The minimum absolute atomic E-state index is 0.0290. The molecule has 0 saturated carbocycles. The number of halogens is 9. The van der Waals surface area contributed by atoms with Crippen molar-refractivity contribution in [2.24, 2.45) is 0 Å². The van der Waals surface area contributed by atoms with Gasteiger partial charge in [-0.3, -0.25) is 9.97 Å². The van der Waals surface area contributed by atoms with E-state index in [1.807, 2.05) is 19.9 Å². The summed E-state index contributed by atoms with van der Waals surface area (Å²) in [6.07, 6.45) is 6.16.